The number of hydrogen-bond acceptors (Lipinski definition) is 4. The van der Waals surface area contributed by atoms with E-state index in [9.17, 15) is 19.1 Å². The van der Waals surface area contributed by atoms with E-state index in [0.29, 0.717) is 30.8 Å². The average Bonchev–Trinajstić information content (AvgIpc) is 2.58. The number of rotatable bonds is 3. The van der Waals surface area contributed by atoms with Crippen LogP contribution in [0.15, 0.2) is 17.1 Å². The van der Waals surface area contributed by atoms with E-state index in [2.05, 4.69) is 5.32 Å². The molecule has 0 saturated carbocycles. The quantitative estimate of drug-likeness (QED) is 0.892. The molecule has 2 heterocycles. The van der Waals surface area contributed by atoms with Gasteiger partial charge in [-0.15, -0.1) is 0 Å². The first kappa shape index (κ1) is 16.4. The van der Waals surface area contributed by atoms with Gasteiger partial charge in [-0.25, -0.2) is 9.18 Å². The summed E-state index contributed by atoms with van der Waals surface area (Å²) in [5.41, 5.74) is 0.273. The molecule has 2 aromatic rings. The van der Waals surface area contributed by atoms with E-state index in [4.69, 9.17) is 0 Å². The highest BCUT2D eigenvalue weighted by molar-refractivity contribution is 5.95. The van der Waals surface area contributed by atoms with Crippen LogP contribution in [0, 0.1) is 12.7 Å². The number of carbonyl (C=O) groups is 1. The van der Waals surface area contributed by atoms with E-state index in [1.165, 1.54) is 13.1 Å². The minimum atomic E-state index is -1.30. The molecule has 1 saturated heterocycles. The van der Waals surface area contributed by atoms with Gasteiger partial charge in [-0.1, -0.05) is 0 Å². The highest BCUT2D eigenvalue weighted by atomic mass is 19.1. The lowest BCUT2D eigenvalue weighted by Gasteiger charge is -2.30. The number of pyridine rings is 1. The van der Waals surface area contributed by atoms with Gasteiger partial charge in [0, 0.05) is 44.5 Å². The van der Waals surface area contributed by atoms with Gasteiger partial charge in [0.15, 0.2) is 0 Å². The Labute approximate surface area is 138 Å². The van der Waals surface area contributed by atoms with Gasteiger partial charge in [-0.05, 0) is 19.9 Å². The van der Waals surface area contributed by atoms with Gasteiger partial charge in [-0.2, -0.15) is 0 Å². The van der Waals surface area contributed by atoms with Crippen molar-refractivity contribution in [1.29, 1.82) is 0 Å². The van der Waals surface area contributed by atoms with Crippen molar-refractivity contribution in [1.82, 2.24) is 9.88 Å². The van der Waals surface area contributed by atoms with Crippen molar-refractivity contribution in [3.8, 4) is 0 Å². The van der Waals surface area contributed by atoms with E-state index >= 15 is 0 Å². The summed E-state index contributed by atoms with van der Waals surface area (Å²) in [7, 11) is 0. The molecule has 0 radical (unpaired) electrons. The van der Waals surface area contributed by atoms with Crippen molar-refractivity contribution in [2.75, 3.05) is 31.1 Å². The number of aryl methyl sites for hydroxylation is 2. The Morgan fingerprint density at radius 3 is 2.62 bits per heavy atom. The average molecular weight is 333 g/mol. The van der Waals surface area contributed by atoms with E-state index in [1.807, 2.05) is 11.8 Å². The molecular weight excluding hydrogens is 313 g/mol. The van der Waals surface area contributed by atoms with Crippen molar-refractivity contribution in [3.05, 3.63) is 39.4 Å². The third-order valence-corrected chi connectivity index (χ3v) is 4.55. The number of carboxylic acid groups (broad SMARTS) is 1. The van der Waals surface area contributed by atoms with E-state index in [1.54, 1.807) is 10.6 Å². The maximum absolute atomic E-state index is 14.9. The molecule has 7 heteroatoms. The largest absolute Gasteiger partial charge is 0.477 e. The van der Waals surface area contributed by atoms with Gasteiger partial charge in [0.05, 0.1) is 16.6 Å². The number of piperazine rings is 1. The summed E-state index contributed by atoms with van der Waals surface area (Å²) in [6.07, 6.45) is 1.34. The maximum atomic E-state index is 14.9. The number of carboxylic acids is 1. The van der Waals surface area contributed by atoms with Gasteiger partial charge in [0.25, 0.3) is 0 Å². The third-order valence-electron chi connectivity index (χ3n) is 4.55. The third kappa shape index (κ3) is 2.54. The molecule has 1 fully saturated rings. The predicted octanol–water partition coefficient (Wildman–Crippen LogP) is 1.58. The van der Waals surface area contributed by atoms with Crippen molar-refractivity contribution in [2.24, 2.45) is 0 Å². The van der Waals surface area contributed by atoms with Gasteiger partial charge in [0.1, 0.15) is 11.4 Å². The molecule has 0 aliphatic carbocycles. The first-order chi connectivity index (χ1) is 11.5. The summed E-state index contributed by atoms with van der Waals surface area (Å²) >= 11 is 0. The first-order valence-electron chi connectivity index (χ1n) is 8.01. The van der Waals surface area contributed by atoms with Crippen LogP contribution >= 0.6 is 0 Å². The molecule has 0 unspecified atom stereocenters. The number of fused-ring (bicyclic) bond motifs is 1. The zero-order chi connectivity index (χ0) is 17.4. The maximum Gasteiger partial charge on any atom is 0.341 e. The summed E-state index contributed by atoms with van der Waals surface area (Å²) in [4.78, 5) is 25.8. The van der Waals surface area contributed by atoms with Crippen LogP contribution < -0.4 is 15.6 Å². The summed E-state index contributed by atoms with van der Waals surface area (Å²) in [6, 6.07) is 1.67. The standard InChI is InChI=1S/C17H20FN3O3/c1-3-20-9-11(17(23)24)16(22)14-10(2)15(18)13(8-12(14)20)21-6-4-19-5-7-21/h8-9,19H,3-7H2,1-2H3,(H,23,24). The number of anilines is 1. The van der Waals surface area contributed by atoms with Crippen LogP contribution in [0.2, 0.25) is 0 Å². The fourth-order valence-electron chi connectivity index (χ4n) is 3.24. The molecule has 0 amide bonds. The lowest BCUT2D eigenvalue weighted by Crippen LogP contribution is -2.44. The highest BCUT2D eigenvalue weighted by Gasteiger charge is 2.22. The molecule has 24 heavy (non-hydrogen) atoms. The van der Waals surface area contributed by atoms with Crippen molar-refractivity contribution >= 4 is 22.6 Å². The van der Waals surface area contributed by atoms with E-state index in [-0.39, 0.29) is 16.5 Å². The minimum Gasteiger partial charge on any atom is -0.477 e. The Morgan fingerprint density at radius 2 is 2.04 bits per heavy atom. The smallest absolute Gasteiger partial charge is 0.341 e. The van der Waals surface area contributed by atoms with Gasteiger partial charge >= 0.3 is 5.97 Å². The molecule has 1 aliphatic heterocycles. The van der Waals surface area contributed by atoms with Crippen LogP contribution in [0.3, 0.4) is 0 Å². The summed E-state index contributed by atoms with van der Waals surface area (Å²) in [5.74, 6) is -1.75. The summed E-state index contributed by atoms with van der Waals surface area (Å²) < 4.78 is 16.6. The second kappa shape index (κ2) is 6.24. The number of aromatic carboxylic acids is 1. The fraction of sp³-hybridized carbons (Fsp3) is 0.412. The van der Waals surface area contributed by atoms with Gasteiger partial charge in [0.2, 0.25) is 5.43 Å². The van der Waals surface area contributed by atoms with E-state index < -0.39 is 17.2 Å². The molecule has 1 aliphatic rings. The predicted molar refractivity (Wildman–Crippen MR) is 90.6 cm³/mol. The molecule has 0 bridgehead atoms. The summed E-state index contributed by atoms with van der Waals surface area (Å²) in [6.45, 7) is 6.80. The minimum absolute atomic E-state index is 0.146. The number of aromatic nitrogens is 1. The van der Waals surface area contributed by atoms with Crippen LogP contribution in [0.1, 0.15) is 22.8 Å². The van der Waals surface area contributed by atoms with Crippen molar-refractivity contribution in [2.45, 2.75) is 20.4 Å². The highest BCUT2D eigenvalue weighted by Crippen LogP contribution is 2.29. The van der Waals surface area contributed by atoms with Gasteiger partial charge in [-0.3, -0.25) is 4.79 Å². The Bertz CT molecular complexity index is 870. The number of benzene rings is 1. The number of nitrogens with one attached hydrogen (secondary N) is 1. The zero-order valence-corrected chi connectivity index (χ0v) is 13.7. The topological polar surface area (TPSA) is 74.6 Å². The first-order valence-corrected chi connectivity index (χ1v) is 8.01. The number of hydrogen-bond donors (Lipinski definition) is 2. The van der Waals surface area contributed by atoms with Crippen LogP contribution in [-0.4, -0.2) is 41.8 Å². The SMILES string of the molecule is CCn1cc(C(=O)O)c(=O)c2c(C)c(F)c(N3CCNCC3)cc21. The molecule has 1 aromatic heterocycles. The Hall–Kier alpha value is -2.41. The second-order valence-corrected chi connectivity index (χ2v) is 5.93. The number of nitrogens with zero attached hydrogens (tertiary/aromatic N) is 2. The zero-order valence-electron chi connectivity index (χ0n) is 13.7. The molecular formula is C17H20FN3O3. The van der Waals surface area contributed by atoms with Crippen LogP contribution in [-0.2, 0) is 6.54 Å². The molecule has 0 atom stereocenters. The molecule has 3 rings (SSSR count). The Balaban J connectivity index is 2.33. The molecule has 2 N–H and O–H groups in total. The van der Waals surface area contributed by atoms with E-state index in [0.717, 1.165) is 13.1 Å². The van der Waals surface area contributed by atoms with Crippen LogP contribution in [0.4, 0.5) is 10.1 Å². The molecule has 1 aromatic carbocycles. The molecule has 6 nitrogen and oxygen atoms in total. The lowest BCUT2D eigenvalue weighted by molar-refractivity contribution is 0.0695. The Morgan fingerprint density at radius 1 is 1.38 bits per heavy atom. The normalized spacial score (nSPS) is 15.0. The van der Waals surface area contributed by atoms with Crippen molar-refractivity contribution in [3.63, 3.8) is 0 Å². The van der Waals surface area contributed by atoms with Crippen LogP contribution in [0.25, 0.3) is 10.9 Å². The molecule has 0 spiro atoms. The number of halogens is 1. The van der Waals surface area contributed by atoms with Crippen LogP contribution in [0.5, 0.6) is 0 Å². The lowest BCUT2D eigenvalue weighted by atomic mass is 10.0. The van der Waals surface area contributed by atoms with Crippen molar-refractivity contribution < 1.29 is 14.3 Å². The Kier molecular flexibility index (Phi) is 4.28. The summed E-state index contributed by atoms with van der Waals surface area (Å²) in [5, 5.41) is 12.6. The fourth-order valence-corrected chi connectivity index (χ4v) is 3.24. The monoisotopic (exact) mass is 333 g/mol. The molecule has 128 valence electrons. The second-order valence-electron chi connectivity index (χ2n) is 5.93. The van der Waals surface area contributed by atoms with Gasteiger partial charge < -0.3 is 19.9 Å².